The average molecular weight is 291 g/mol. The van der Waals surface area contributed by atoms with Crippen LogP contribution in [0.15, 0.2) is 36.4 Å². The molecule has 0 aliphatic carbocycles. The van der Waals surface area contributed by atoms with Gasteiger partial charge in [-0.05, 0) is 54.8 Å². The van der Waals surface area contributed by atoms with Crippen LogP contribution in [0.3, 0.4) is 0 Å². The summed E-state index contributed by atoms with van der Waals surface area (Å²) in [5.41, 5.74) is 2.92. The second-order valence-electron chi connectivity index (χ2n) is 4.66. The van der Waals surface area contributed by atoms with Gasteiger partial charge in [-0.1, -0.05) is 23.7 Å². The molecular formula is C16H15ClO3. The van der Waals surface area contributed by atoms with Crippen LogP contribution in [-0.4, -0.2) is 11.1 Å². The van der Waals surface area contributed by atoms with Crippen molar-refractivity contribution in [1.82, 2.24) is 0 Å². The molecule has 0 fully saturated rings. The Balaban J connectivity index is 2.17. The molecular weight excluding hydrogens is 276 g/mol. The number of carboxylic acid groups (broad SMARTS) is 1. The summed E-state index contributed by atoms with van der Waals surface area (Å²) in [6.07, 6.45) is 0. The average Bonchev–Trinajstić information content (AvgIpc) is 2.39. The molecule has 0 aliphatic heterocycles. The molecule has 0 atom stereocenters. The van der Waals surface area contributed by atoms with Crippen LogP contribution in [0.25, 0.3) is 0 Å². The smallest absolute Gasteiger partial charge is 0.335 e. The fourth-order valence-electron chi connectivity index (χ4n) is 2.04. The van der Waals surface area contributed by atoms with Gasteiger partial charge in [0.05, 0.1) is 5.56 Å². The predicted octanol–water partition coefficient (Wildman–Crippen LogP) is 4.23. The first-order chi connectivity index (χ1) is 9.47. The first-order valence-electron chi connectivity index (χ1n) is 6.19. The third kappa shape index (κ3) is 3.31. The Bertz CT molecular complexity index is 610. The highest BCUT2D eigenvalue weighted by atomic mass is 35.5. The van der Waals surface area contributed by atoms with Crippen molar-refractivity contribution in [3.8, 4) is 5.75 Å². The van der Waals surface area contributed by atoms with Crippen molar-refractivity contribution in [3.63, 3.8) is 0 Å². The molecule has 0 aliphatic rings. The molecule has 0 spiro atoms. The van der Waals surface area contributed by atoms with Crippen molar-refractivity contribution in [2.75, 3.05) is 0 Å². The van der Waals surface area contributed by atoms with Gasteiger partial charge in [-0.2, -0.15) is 0 Å². The van der Waals surface area contributed by atoms with Crippen molar-refractivity contribution >= 4 is 17.6 Å². The highest BCUT2D eigenvalue weighted by Gasteiger charge is 2.10. The van der Waals surface area contributed by atoms with E-state index >= 15 is 0 Å². The van der Waals surface area contributed by atoms with Crippen molar-refractivity contribution < 1.29 is 14.6 Å². The normalized spacial score (nSPS) is 10.3. The van der Waals surface area contributed by atoms with Gasteiger partial charge in [0.25, 0.3) is 0 Å². The molecule has 1 N–H and O–H groups in total. The first kappa shape index (κ1) is 14.4. The summed E-state index contributed by atoms with van der Waals surface area (Å²) in [6, 6.07) is 10.7. The van der Waals surface area contributed by atoms with Crippen LogP contribution in [0.1, 0.15) is 27.0 Å². The number of benzene rings is 2. The fraction of sp³-hybridized carbons (Fsp3) is 0.188. The predicted molar refractivity (Wildman–Crippen MR) is 78.7 cm³/mol. The van der Waals surface area contributed by atoms with Crippen molar-refractivity contribution in [2.45, 2.75) is 20.5 Å². The minimum atomic E-state index is -0.930. The van der Waals surface area contributed by atoms with E-state index < -0.39 is 5.97 Å². The van der Waals surface area contributed by atoms with E-state index in [0.717, 1.165) is 22.4 Å². The number of halogens is 1. The number of carbonyl (C=O) groups is 1. The molecule has 3 nitrogen and oxygen atoms in total. The van der Waals surface area contributed by atoms with Gasteiger partial charge >= 0.3 is 5.97 Å². The van der Waals surface area contributed by atoms with Gasteiger partial charge in [0.1, 0.15) is 12.4 Å². The third-order valence-electron chi connectivity index (χ3n) is 3.00. The lowest BCUT2D eigenvalue weighted by Gasteiger charge is -2.13. The Morgan fingerprint density at radius 1 is 1.15 bits per heavy atom. The van der Waals surface area contributed by atoms with Gasteiger partial charge in [-0.15, -0.1) is 0 Å². The van der Waals surface area contributed by atoms with E-state index in [9.17, 15) is 4.79 Å². The fourth-order valence-corrected chi connectivity index (χ4v) is 2.16. The molecule has 0 radical (unpaired) electrons. The van der Waals surface area contributed by atoms with Crippen LogP contribution >= 0.6 is 11.6 Å². The third-order valence-corrected chi connectivity index (χ3v) is 3.26. The quantitative estimate of drug-likeness (QED) is 0.916. The standard InChI is InChI=1S/C16H15ClO3/c1-10-7-13(16(18)19)8-11(2)15(10)20-9-12-3-5-14(17)6-4-12/h3-8H,9H2,1-2H3,(H,18,19). The zero-order valence-electron chi connectivity index (χ0n) is 11.3. The second kappa shape index (κ2) is 5.97. The maximum Gasteiger partial charge on any atom is 0.335 e. The molecule has 2 aromatic carbocycles. The van der Waals surface area contributed by atoms with Gasteiger partial charge < -0.3 is 9.84 Å². The summed E-state index contributed by atoms with van der Waals surface area (Å²) < 4.78 is 5.79. The summed E-state index contributed by atoms with van der Waals surface area (Å²) in [6.45, 7) is 4.11. The Labute approximate surface area is 122 Å². The first-order valence-corrected chi connectivity index (χ1v) is 6.57. The number of aryl methyl sites for hydroxylation is 2. The Hall–Kier alpha value is -2.00. The molecule has 0 saturated heterocycles. The molecule has 0 bridgehead atoms. The number of rotatable bonds is 4. The molecule has 104 valence electrons. The maximum absolute atomic E-state index is 11.0. The van der Waals surface area contributed by atoms with Crippen LogP contribution in [-0.2, 0) is 6.61 Å². The zero-order valence-corrected chi connectivity index (χ0v) is 12.1. The van der Waals surface area contributed by atoms with Crippen molar-refractivity contribution in [3.05, 3.63) is 63.7 Å². The number of carboxylic acids is 1. The number of aromatic carboxylic acids is 1. The van der Waals surface area contributed by atoms with E-state index in [1.54, 1.807) is 12.1 Å². The van der Waals surface area contributed by atoms with Gasteiger partial charge in [0, 0.05) is 5.02 Å². The van der Waals surface area contributed by atoms with Crippen LogP contribution < -0.4 is 4.74 Å². The summed E-state index contributed by atoms with van der Waals surface area (Å²) in [7, 11) is 0. The number of ether oxygens (including phenoxy) is 1. The van der Waals surface area contributed by atoms with E-state index in [0.29, 0.717) is 11.6 Å². The second-order valence-corrected chi connectivity index (χ2v) is 5.10. The van der Waals surface area contributed by atoms with E-state index in [-0.39, 0.29) is 5.56 Å². The number of hydrogen-bond acceptors (Lipinski definition) is 2. The Morgan fingerprint density at radius 2 is 1.70 bits per heavy atom. The van der Waals surface area contributed by atoms with Gasteiger partial charge in [0.2, 0.25) is 0 Å². The molecule has 0 heterocycles. The molecule has 4 heteroatoms. The zero-order chi connectivity index (χ0) is 14.7. The molecule has 0 unspecified atom stereocenters. The lowest BCUT2D eigenvalue weighted by Crippen LogP contribution is -2.02. The van der Waals surface area contributed by atoms with Crippen molar-refractivity contribution in [2.24, 2.45) is 0 Å². The molecule has 0 aromatic heterocycles. The summed E-state index contributed by atoms with van der Waals surface area (Å²) >= 11 is 5.83. The largest absolute Gasteiger partial charge is 0.488 e. The molecule has 2 rings (SSSR count). The summed E-state index contributed by atoms with van der Waals surface area (Å²) in [5.74, 6) is -0.203. The minimum absolute atomic E-state index is 0.277. The molecule has 0 saturated carbocycles. The molecule has 20 heavy (non-hydrogen) atoms. The van der Waals surface area contributed by atoms with Crippen LogP contribution in [0.5, 0.6) is 5.75 Å². The molecule has 2 aromatic rings. The van der Waals surface area contributed by atoms with E-state index in [2.05, 4.69) is 0 Å². The van der Waals surface area contributed by atoms with Crippen LogP contribution in [0.2, 0.25) is 5.02 Å². The SMILES string of the molecule is Cc1cc(C(=O)O)cc(C)c1OCc1ccc(Cl)cc1. The summed E-state index contributed by atoms with van der Waals surface area (Å²) in [4.78, 5) is 11.0. The molecule has 0 amide bonds. The van der Waals surface area contributed by atoms with Crippen molar-refractivity contribution in [1.29, 1.82) is 0 Å². The number of hydrogen-bond donors (Lipinski definition) is 1. The highest BCUT2D eigenvalue weighted by Crippen LogP contribution is 2.26. The Morgan fingerprint density at radius 3 is 2.20 bits per heavy atom. The summed E-state index contributed by atoms with van der Waals surface area (Å²) in [5, 5.41) is 9.69. The lowest BCUT2D eigenvalue weighted by molar-refractivity contribution is 0.0696. The van der Waals surface area contributed by atoms with Gasteiger partial charge in [0.15, 0.2) is 0 Å². The van der Waals surface area contributed by atoms with Crippen LogP contribution in [0.4, 0.5) is 0 Å². The highest BCUT2D eigenvalue weighted by molar-refractivity contribution is 6.30. The monoisotopic (exact) mass is 290 g/mol. The van der Waals surface area contributed by atoms with E-state index in [4.69, 9.17) is 21.4 Å². The maximum atomic E-state index is 11.0. The topological polar surface area (TPSA) is 46.5 Å². The van der Waals surface area contributed by atoms with Crippen LogP contribution in [0, 0.1) is 13.8 Å². The van der Waals surface area contributed by atoms with E-state index in [1.807, 2.05) is 38.1 Å². The lowest BCUT2D eigenvalue weighted by atomic mass is 10.1. The van der Waals surface area contributed by atoms with Gasteiger partial charge in [-0.3, -0.25) is 0 Å². The van der Waals surface area contributed by atoms with Gasteiger partial charge in [-0.25, -0.2) is 4.79 Å². The Kier molecular flexibility index (Phi) is 4.30. The van der Waals surface area contributed by atoms with E-state index in [1.165, 1.54) is 0 Å². The minimum Gasteiger partial charge on any atom is -0.488 e.